The number of aromatic nitrogens is 2. The fourth-order valence-electron chi connectivity index (χ4n) is 5.68. The molecule has 224 valence electrons. The Hall–Kier alpha value is -4.44. The quantitative estimate of drug-likeness (QED) is 0.383. The number of benzene rings is 2. The highest BCUT2D eigenvalue weighted by Gasteiger charge is 2.30. The van der Waals surface area contributed by atoms with Crippen molar-refractivity contribution in [3.05, 3.63) is 54.2 Å². The van der Waals surface area contributed by atoms with E-state index >= 15 is 0 Å². The summed E-state index contributed by atoms with van der Waals surface area (Å²) in [6, 6.07) is 15.9. The molecule has 43 heavy (non-hydrogen) atoms. The highest BCUT2D eigenvalue weighted by Crippen LogP contribution is 2.34. The summed E-state index contributed by atoms with van der Waals surface area (Å²) in [6.07, 6.45) is 2.06. The molecule has 1 amide bonds. The molecule has 4 heterocycles. The monoisotopic (exact) mass is 585 g/mol. The van der Waals surface area contributed by atoms with Gasteiger partial charge in [0.15, 0.2) is 5.82 Å². The molecule has 3 aromatic rings. The maximum absolute atomic E-state index is 11.8. The SMILES string of the molecule is COc1cc(Nc2ccnc(-c3ccc(O[C@@H]4CCN(C(=O)CO)C4)c(C#N)c3)n2)ccc1N1CCN(C2COC2)CC1. The number of carbonyl (C=O) groups excluding carboxylic acids is 1. The summed E-state index contributed by atoms with van der Waals surface area (Å²) in [6.45, 7) is 5.93. The third-order valence-corrected chi connectivity index (χ3v) is 8.18. The lowest BCUT2D eigenvalue weighted by atomic mass is 10.1. The highest BCUT2D eigenvalue weighted by molar-refractivity contribution is 5.77. The number of hydrogen-bond acceptors (Lipinski definition) is 11. The Morgan fingerprint density at radius 3 is 2.67 bits per heavy atom. The van der Waals surface area contributed by atoms with Crippen LogP contribution in [0.1, 0.15) is 12.0 Å². The van der Waals surface area contributed by atoms with Crippen LogP contribution in [0.2, 0.25) is 0 Å². The number of nitriles is 1. The molecule has 12 heteroatoms. The molecule has 6 rings (SSSR count). The number of ether oxygens (including phenoxy) is 3. The second-order valence-corrected chi connectivity index (χ2v) is 10.8. The fourth-order valence-corrected chi connectivity index (χ4v) is 5.68. The number of aliphatic hydroxyl groups is 1. The number of nitrogens with zero attached hydrogens (tertiary/aromatic N) is 6. The van der Waals surface area contributed by atoms with Crippen LogP contribution in [0.15, 0.2) is 48.7 Å². The summed E-state index contributed by atoms with van der Waals surface area (Å²) >= 11 is 0. The molecule has 1 atom stereocenters. The molecule has 0 saturated carbocycles. The summed E-state index contributed by atoms with van der Waals surface area (Å²) in [4.78, 5) is 27.3. The van der Waals surface area contributed by atoms with Gasteiger partial charge in [-0.1, -0.05) is 0 Å². The Bertz CT molecular complexity index is 1500. The summed E-state index contributed by atoms with van der Waals surface area (Å²) in [5.41, 5.74) is 2.94. The van der Waals surface area contributed by atoms with E-state index in [9.17, 15) is 10.1 Å². The van der Waals surface area contributed by atoms with E-state index < -0.39 is 6.61 Å². The van der Waals surface area contributed by atoms with Crippen LogP contribution in [0, 0.1) is 11.3 Å². The second-order valence-electron chi connectivity index (χ2n) is 10.8. The largest absolute Gasteiger partial charge is 0.495 e. The number of piperazine rings is 1. The summed E-state index contributed by atoms with van der Waals surface area (Å²) < 4.78 is 17.2. The van der Waals surface area contributed by atoms with E-state index in [1.165, 1.54) is 0 Å². The number of methoxy groups -OCH3 is 1. The number of amides is 1. The van der Waals surface area contributed by atoms with Gasteiger partial charge in [-0.3, -0.25) is 9.69 Å². The number of anilines is 3. The van der Waals surface area contributed by atoms with Gasteiger partial charge in [-0.05, 0) is 36.4 Å². The maximum Gasteiger partial charge on any atom is 0.248 e. The molecule has 0 aliphatic carbocycles. The van der Waals surface area contributed by atoms with Gasteiger partial charge in [0, 0.05) is 62.7 Å². The molecule has 1 aromatic heterocycles. The molecule has 3 aliphatic rings. The van der Waals surface area contributed by atoms with E-state index in [1.54, 1.807) is 36.4 Å². The van der Waals surface area contributed by atoms with Crippen LogP contribution in [-0.2, 0) is 9.53 Å². The molecule has 2 aromatic carbocycles. The van der Waals surface area contributed by atoms with Crippen molar-refractivity contribution in [2.24, 2.45) is 0 Å². The Morgan fingerprint density at radius 2 is 1.95 bits per heavy atom. The molecule has 2 N–H and O–H groups in total. The van der Waals surface area contributed by atoms with Crippen molar-refractivity contribution in [3.8, 4) is 29.0 Å². The van der Waals surface area contributed by atoms with E-state index in [2.05, 4.69) is 37.2 Å². The summed E-state index contributed by atoms with van der Waals surface area (Å²) in [7, 11) is 1.69. The molecule has 3 aliphatic heterocycles. The molecule has 0 bridgehead atoms. The van der Waals surface area contributed by atoms with Crippen LogP contribution in [0.25, 0.3) is 11.4 Å². The highest BCUT2D eigenvalue weighted by atomic mass is 16.5. The van der Waals surface area contributed by atoms with E-state index in [0.717, 1.165) is 56.5 Å². The Morgan fingerprint density at radius 1 is 1.12 bits per heavy atom. The lowest BCUT2D eigenvalue weighted by Crippen LogP contribution is -2.56. The lowest BCUT2D eigenvalue weighted by molar-refractivity contribution is -0.133. The summed E-state index contributed by atoms with van der Waals surface area (Å²) in [5.74, 6) is 1.98. The zero-order valence-electron chi connectivity index (χ0n) is 24.1. The van der Waals surface area contributed by atoms with Crippen LogP contribution in [-0.4, -0.2) is 109 Å². The van der Waals surface area contributed by atoms with Gasteiger partial charge >= 0.3 is 0 Å². The van der Waals surface area contributed by atoms with Crippen molar-refractivity contribution in [2.75, 3.05) is 76.4 Å². The van der Waals surface area contributed by atoms with Crippen LogP contribution in [0.3, 0.4) is 0 Å². The Labute approximate surface area is 250 Å². The minimum absolute atomic E-state index is 0.243. The first-order valence-electron chi connectivity index (χ1n) is 14.5. The predicted octanol–water partition coefficient (Wildman–Crippen LogP) is 2.26. The molecule has 3 fully saturated rings. The molecular weight excluding hydrogens is 550 g/mol. The summed E-state index contributed by atoms with van der Waals surface area (Å²) in [5, 5.41) is 22.3. The fraction of sp³-hybridized carbons (Fsp3) is 0.419. The number of carbonyl (C=O) groups is 1. The number of likely N-dealkylation sites (tertiary alicyclic amines) is 1. The van der Waals surface area contributed by atoms with E-state index in [1.807, 2.05) is 18.2 Å². The number of hydrogen-bond donors (Lipinski definition) is 2. The average molecular weight is 586 g/mol. The maximum atomic E-state index is 11.8. The lowest BCUT2D eigenvalue weighted by Gasteiger charge is -2.43. The van der Waals surface area contributed by atoms with Crippen molar-refractivity contribution in [1.82, 2.24) is 19.8 Å². The van der Waals surface area contributed by atoms with Gasteiger partial charge in [0.2, 0.25) is 5.91 Å². The molecule has 0 spiro atoms. The first-order chi connectivity index (χ1) is 21.0. The van der Waals surface area contributed by atoms with E-state index in [4.69, 9.17) is 19.3 Å². The van der Waals surface area contributed by atoms with Gasteiger partial charge in [-0.2, -0.15) is 5.26 Å². The first-order valence-corrected chi connectivity index (χ1v) is 14.5. The molecule has 12 nitrogen and oxygen atoms in total. The van der Waals surface area contributed by atoms with Crippen LogP contribution in [0.5, 0.6) is 11.5 Å². The minimum Gasteiger partial charge on any atom is -0.495 e. The van der Waals surface area contributed by atoms with E-state index in [0.29, 0.717) is 54.1 Å². The Balaban J connectivity index is 1.12. The van der Waals surface area contributed by atoms with Gasteiger partial charge in [0.05, 0.1) is 44.2 Å². The van der Waals surface area contributed by atoms with Crippen molar-refractivity contribution in [2.45, 2.75) is 18.6 Å². The molecule has 0 radical (unpaired) electrons. The van der Waals surface area contributed by atoms with Gasteiger partial charge in [0.1, 0.15) is 36.1 Å². The average Bonchev–Trinajstić information content (AvgIpc) is 3.49. The standard InChI is InChI=1S/C31H35N7O5/c1-41-28-15-23(3-4-26(28)37-12-10-36(11-13-37)24-19-42-20-24)34-29-6-8-33-31(35-29)21-2-5-27(22(14-21)16-32)43-25-7-9-38(17-25)30(40)18-39/h2-6,8,14-15,24-25,39H,7,9-13,17-20H2,1H3,(H,33,34,35)/t25-/m1/s1. The van der Waals surface area contributed by atoms with Gasteiger partial charge in [-0.15, -0.1) is 0 Å². The third-order valence-electron chi connectivity index (χ3n) is 8.18. The van der Waals surface area contributed by atoms with Crippen molar-refractivity contribution in [3.63, 3.8) is 0 Å². The topological polar surface area (TPSA) is 136 Å². The van der Waals surface area contributed by atoms with Crippen molar-refractivity contribution < 1.29 is 24.1 Å². The van der Waals surface area contributed by atoms with Gasteiger partial charge < -0.3 is 34.4 Å². The molecule has 3 saturated heterocycles. The zero-order valence-corrected chi connectivity index (χ0v) is 24.1. The van der Waals surface area contributed by atoms with Crippen LogP contribution in [0.4, 0.5) is 17.2 Å². The number of nitrogens with one attached hydrogen (secondary N) is 1. The predicted molar refractivity (Wildman–Crippen MR) is 160 cm³/mol. The van der Waals surface area contributed by atoms with Crippen molar-refractivity contribution in [1.29, 1.82) is 5.26 Å². The smallest absolute Gasteiger partial charge is 0.248 e. The second kappa shape index (κ2) is 12.8. The van der Waals surface area contributed by atoms with Crippen LogP contribution >= 0.6 is 0 Å². The first kappa shape index (κ1) is 28.7. The van der Waals surface area contributed by atoms with E-state index in [-0.39, 0.29) is 12.0 Å². The minimum atomic E-state index is -0.522. The van der Waals surface area contributed by atoms with Gasteiger partial charge in [-0.25, -0.2) is 9.97 Å². The molecule has 0 unspecified atom stereocenters. The Kier molecular flexibility index (Phi) is 8.55. The normalized spacial score (nSPS) is 19.0. The third kappa shape index (κ3) is 6.34. The number of rotatable bonds is 9. The number of aliphatic hydroxyl groups excluding tert-OH is 1. The van der Waals surface area contributed by atoms with Crippen molar-refractivity contribution >= 4 is 23.1 Å². The molecular formula is C31H35N7O5. The zero-order chi connectivity index (χ0) is 29.8. The van der Waals surface area contributed by atoms with Gasteiger partial charge in [0.25, 0.3) is 0 Å². The van der Waals surface area contributed by atoms with Crippen LogP contribution < -0.4 is 19.7 Å².